The number of ether oxygens (including phenoxy) is 1. The highest BCUT2D eigenvalue weighted by Gasteiger charge is 2.72. The summed E-state index contributed by atoms with van der Waals surface area (Å²) in [5.74, 6) is -1.01. The van der Waals surface area contributed by atoms with Crippen molar-refractivity contribution in [3.8, 4) is 28.5 Å². The summed E-state index contributed by atoms with van der Waals surface area (Å²) in [5.41, 5.74) is -3.87. The molecule has 1 fully saturated rings. The topological polar surface area (TPSA) is 97.0 Å². The van der Waals surface area contributed by atoms with Gasteiger partial charge >= 0.3 is 18.0 Å². The molecule has 1 aliphatic carbocycles. The molecule has 3 aromatic rings. The first-order valence-corrected chi connectivity index (χ1v) is 12.4. The number of nitrogens with zero attached hydrogens (tertiary/aromatic N) is 2. The first-order valence-electron chi connectivity index (χ1n) is 12.0. The number of H-pyrrole nitrogens is 1. The van der Waals surface area contributed by atoms with E-state index in [2.05, 4.69) is 15.0 Å². The predicted molar refractivity (Wildman–Crippen MR) is 134 cm³/mol. The Morgan fingerprint density at radius 2 is 1.75 bits per heavy atom. The molecule has 0 unspecified atom stereocenters. The summed E-state index contributed by atoms with van der Waals surface area (Å²) in [5, 5.41) is 1.77. The van der Waals surface area contributed by atoms with E-state index in [-0.39, 0.29) is 34.7 Å². The average molecular weight is 589 g/mol. The van der Waals surface area contributed by atoms with E-state index in [0.717, 1.165) is 18.4 Å². The van der Waals surface area contributed by atoms with E-state index < -0.39 is 35.9 Å². The van der Waals surface area contributed by atoms with E-state index in [1.54, 1.807) is 23.5 Å². The smallest absolute Gasteiger partial charge is 0.411 e. The van der Waals surface area contributed by atoms with Crippen LogP contribution < -0.4 is 15.7 Å². The lowest BCUT2D eigenvalue weighted by molar-refractivity contribution is -0.319. The molecule has 40 heavy (non-hydrogen) atoms. The van der Waals surface area contributed by atoms with Crippen LogP contribution in [-0.2, 0) is 11.3 Å². The molecule has 14 heteroatoms. The standard InChI is InChI=1S/C26H23ClF6N4O3/c1-13-9-16(6-8-19(13)40-12-14-3-4-14)20-35-21(37-23(39)36-20)17-10-15(5-7-18(17)27)11-34-22(38)24(2,25(28,29)30)26(31,32)33/h5-10,14H,3-4,11-12H2,1-2H3,(H,34,38)(H,35,36,37,39). The maximum absolute atomic E-state index is 13.2. The number of carbonyl (C=O) groups excluding carboxylic acids is 1. The van der Waals surface area contributed by atoms with Gasteiger partial charge in [-0.15, -0.1) is 0 Å². The molecule has 0 saturated heterocycles. The van der Waals surface area contributed by atoms with Crippen LogP contribution in [0.1, 0.15) is 30.9 Å². The number of amides is 1. The number of halogens is 7. The third-order valence-corrected chi connectivity index (χ3v) is 6.91. The SMILES string of the molecule is Cc1cc(-c2nc(-c3cc(CNC(=O)C(C)(C(F)(F)F)C(F)(F)F)ccc3Cl)[nH]c(=O)n2)ccc1OCC1CC1. The fourth-order valence-electron chi connectivity index (χ4n) is 3.72. The van der Waals surface area contributed by atoms with Crippen LogP contribution >= 0.6 is 11.6 Å². The zero-order valence-electron chi connectivity index (χ0n) is 21.1. The van der Waals surface area contributed by atoms with Crippen LogP contribution in [-0.4, -0.2) is 39.8 Å². The summed E-state index contributed by atoms with van der Waals surface area (Å²) < 4.78 is 85.0. The van der Waals surface area contributed by atoms with Gasteiger partial charge in [0.15, 0.2) is 5.82 Å². The Morgan fingerprint density at radius 1 is 1.07 bits per heavy atom. The number of carbonyl (C=O) groups is 1. The number of aromatic amines is 1. The van der Waals surface area contributed by atoms with Crippen LogP contribution in [0.15, 0.2) is 41.2 Å². The number of alkyl halides is 6. The molecular weight excluding hydrogens is 566 g/mol. The van der Waals surface area contributed by atoms with Crippen LogP contribution in [0, 0.1) is 18.3 Å². The number of hydrogen-bond acceptors (Lipinski definition) is 5. The van der Waals surface area contributed by atoms with Crippen LogP contribution in [0.4, 0.5) is 26.3 Å². The molecule has 0 bridgehead atoms. The predicted octanol–water partition coefficient (Wildman–Crippen LogP) is 6.00. The number of hydrogen-bond donors (Lipinski definition) is 2. The number of benzene rings is 2. The molecule has 0 radical (unpaired) electrons. The van der Waals surface area contributed by atoms with E-state index in [1.165, 1.54) is 18.2 Å². The van der Waals surface area contributed by atoms with Gasteiger partial charge in [0.05, 0.1) is 11.6 Å². The molecule has 1 aliphatic rings. The highest BCUT2D eigenvalue weighted by Crippen LogP contribution is 2.50. The van der Waals surface area contributed by atoms with Gasteiger partial charge in [-0.3, -0.25) is 9.78 Å². The Bertz CT molecular complexity index is 1470. The van der Waals surface area contributed by atoms with Crippen LogP contribution in [0.5, 0.6) is 5.75 Å². The highest BCUT2D eigenvalue weighted by molar-refractivity contribution is 6.33. The fourth-order valence-corrected chi connectivity index (χ4v) is 3.93. The Morgan fingerprint density at radius 3 is 2.35 bits per heavy atom. The van der Waals surface area contributed by atoms with Crippen molar-refractivity contribution >= 4 is 17.5 Å². The fraction of sp³-hybridized carbons (Fsp3) is 0.385. The number of aromatic nitrogens is 3. The number of nitrogens with one attached hydrogen (secondary N) is 2. The van der Waals surface area contributed by atoms with Crippen molar-refractivity contribution in [2.24, 2.45) is 11.3 Å². The van der Waals surface area contributed by atoms with Gasteiger partial charge in [0.25, 0.3) is 0 Å². The molecule has 1 aromatic heterocycles. The van der Waals surface area contributed by atoms with Crippen molar-refractivity contribution in [1.82, 2.24) is 20.3 Å². The van der Waals surface area contributed by atoms with Crippen molar-refractivity contribution in [3.05, 3.63) is 63.0 Å². The van der Waals surface area contributed by atoms with Gasteiger partial charge in [-0.1, -0.05) is 17.7 Å². The lowest BCUT2D eigenvalue weighted by Crippen LogP contribution is -2.57. The van der Waals surface area contributed by atoms with E-state index in [4.69, 9.17) is 16.3 Å². The monoisotopic (exact) mass is 588 g/mol. The van der Waals surface area contributed by atoms with Gasteiger partial charge in [-0.05, 0) is 74.1 Å². The summed E-state index contributed by atoms with van der Waals surface area (Å²) in [6, 6.07) is 9.05. The van der Waals surface area contributed by atoms with Gasteiger partial charge in [-0.2, -0.15) is 31.3 Å². The Hall–Kier alpha value is -3.61. The van der Waals surface area contributed by atoms with Crippen molar-refractivity contribution < 1.29 is 35.9 Å². The molecular formula is C26H23ClF6N4O3. The quantitative estimate of drug-likeness (QED) is 0.315. The molecule has 4 rings (SSSR count). The molecule has 1 heterocycles. The van der Waals surface area contributed by atoms with Crippen LogP contribution in [0.25, 0.3) is 22.8 Å². The minimum atomic E-state index is -5.88. The molecule has 214 valence electrons. The zero-order valence-corrected chi connectivity index (χ0v) is 21.9. The van der Waals surface area contributed by atoms with Crippen LogP contribution in [0.2, 0.25) is 5.02 Å². The van der Waals surface area contributed by atoms with E-state index >= 15 is 0 Å². The minimum Gasteiger partial charge on any atom is -0.493 e. The van der Waals surface area contributed by atoms with E-state index in [9.17, 15) is 35.9 Å². The van der Waals surface area contributed by atoms with E-state index in [0.29, 0.717) is 23.8 Å². The Balaban J connectivity index is 1.58. The molecule has 2 N–H and O–H groups in total. The Kier molecular flexibility index (Phi) is 7.90. The second kappa shape index (κ2) is 10.8. The molecule has 1 saturated carbocycles. The average Bonchev–Trinajstić information content (AvgIpc) is 3.69. The molecule has 0 spiro atoms. The van der Waals surface area contributed by atoms with Crippen molar-refractivity contribution in [2.75, 3.05) is 6.61 Å². The summed E-state index contributed by atoms with van der Waals surface area (Å²) in [7, 11) is 0. The lowest BCUT2D eigenvalue weighted by atomic mass is 9.87. The van der Waals surface area contributed by atoms with Gasteiger partial charge in [0.1, 0.15) is 11.6 Å². The summed E-state index contributed by atoms with van der Waals surface area (Å²) in [4.78, 5) is 35.1. The van der Waals surface area contributed by atoms with E-state index in [1.807, 2.05) is 6.92 Å². The summed E-state index contributed by atoms with van der Waals surface area (Å²) in [6.45, 7) is 1.54. The number of rotatable bonds is 8. The third-order valence-electron chi connectivity index (χ3n) is 6.58. The lowest BCUT2D eigenvalue weighted by Gasteiger charge is -2.32. The Labute approximate surface area is 228 Å². The highest BCUT2D eigenvalue weighted by atomic mass is 35.5. The van der Waals surface area contributed by atoms with Gasteiger partial charge in [-0.25, -0.2) is 9.78 Å². The van der Waals surface area contributed by atoms with Crippen molar-refractivity contribution in [2.45, 2.75) is 45.6 Å². The maximum Gasteiger partial charge on any atom is 0.411 e. The summed E-state index contributed by atoms with van der Waals surface area (Å²) in [6.07, 6.45) is -9.48. The van der Waals surface area contributed by atoms with Crippen LogP contribution in [0.3, 0.4) is 0 Å². The second-order valence-corrected chi connectivity index (χ2v) is 10.1. The van der Waals surface area contributed by atoms with Gasteiger partial charge in [0.2, 0.25) is 11.3 Å². The number of aryl methyl sites for hydroxylation is 1. The largest absolute Gasteiger partial charge is 0.493 e. The van der Waals surface area contributed by atoms with Gasteiger partial charge in [0, 0.05) is 17.7 Å². The molecule has 0 atom stereocenters. The van der Waals surface area contributed by atoms with Crippen molar-refractivity contribution in [3.63, 3.8) is 0 Å². The molecule has 1 amide bonds. The first kappa shape index (κ1) is 29.4. The summed E-state index contributed by atoms with van der Waals surface area (Å²) >= 11 is 6.26. The van der Waals surface area contributed by atoms with Crippen molar-refractivity contribution in [1.29, 1.82) is 0 Å². The zero-order chi connectivity index (χ0) is 29.5. The first-order chi connectivity index (χ1) is 18.6. The minimum absolute atomic E-state index is 0.0460. The normalized spacial score (nSPS) is 14.2. The van der Waals surface area contributed by atoms with Gasteiger partial charge < -0.3 is 10.1 Å². The maximum atomic E-state index is 13.2. The molecule has 7 nitrogen and oxygen atoms in total. The second-order valence-electron chi connectivity index (χ2n) is 9.68. The third kappa shape index (κ3) is 6.08. The molecule has 2 aromatic carbocycles. The molecule has 0 aliphatic heterocycles.